The summed E-state index contributed by atoms with van der Waals surface area (Å²) in [5.41, 5.74) is 0. The Kier molecular flexibility index (Phi) is 6.93. The van der Waals surface area contributed by atoms with Crippen molar-refractivity contribution in [3.05, 3.63) is 25.3 Å². The van der Waals surface area contributed by atoms with Gasteiger partial charge in [-0.25, -0.2) is 0 Å². The molecule has 0 aromatic heterocycles. The minimum absolute atomic E-state index is 0.447. The molecule has 0 aliphatic carbocycles. The lowest BCUT2D eigenvalue weighted by atomic mass is 10.4. The predicted octanol–water partition coefficient (Wildman–Crippen LogP) is 3.45. The summed E-state index contributed by atoms with van der Waals surface area (Å²) in [4.78, 5) is 0. The fourth-order valence-corrected chi connectivity index (χ4v) is 2.56. The normalized spacial score (nSPS) is 11.2. The summed E-state index contributed by atoms with van der Waals surface area (Å²) in [6.45, 7) is 9.80. The first kappa shape index (κ1) is 12.7. The Morgan fingerprint density at radius 2 is 1.85 bits per heavy atom. The second-order valence-corrected chi connectivity index (χ2v) is 5.56. The van der Waals surface area contributed by atoms with Gasteiger partial charge in [-0.2, -0.15) is 0 Å². The van der Waals surface area contributed by atoms with Crippen LogP contribution in [-0.4, -0.2) is 18.9 Å². The molecule has 0 amide bonds. The van der Waals surface area contributed by atoms with Gasteiger partial charge in [0.25, 0.3) is 0 Å². The smallest absolute Gasteiger partial charge is 0.210 e. The lowest BCUT2D eigenvalue weighted by Crippen LogP contribution is -1.98. The van der Waals surface area contributed by atoms with Crippen LogP contribution in [0.1, 0.15) is 19.8 Å². The number of hydrogen-bond donors (Lipinski definition) is 0. The van der Waals surface area contributed by atoms with Crippen LogP contribution in [0.15, 0.2) is 25.3 Å². The van der Waals surface area contributed by atoms with Crippen molar-refractivity contribution in [1.82, 2.24) is 0 Å². The summed E-state index contributed by atoms with van der Waals surface area (Å²) in [6.07, 6.45) is 6.21. The lowest BCUT2D eigenvalue weighted by molar-refractivity contribution is 0.309. The van der Waals surface area contributed by atoms with Crippen molar-refractivity contribution in [2.24, 2.45) is 0 Å². The molecule has 0 aliphatic heterocycles. The van der Waals surface area contributed by atoms with Crippen LogP contribution < -0.4 is 0 Å². The molecule has 0 heterocycles. The molecule has 76 valence electrons. The average Bonchev–Trinajstić information content (AvgIpc) is 2.05. The van der Waals surface area contributed by atoms with Crippen molar-refractivity contribution in [2.45, 2.75) is 19.8 Å². The van der Waals surface area contributed by atoms with Gasteiger partial charge < -0.3 is 4.52 Å². The van der Waals surface area contributed by atoms with E-state index >= 15 is 0 Å². The molecular formula is C10H19O2P. The quantitative estimate of drug-likeness (QED) is 0.342. The minimum atomic E-state index is -2.49. The first-order chi connectivity index (χ1) is 6.18. The molecule has 0 bridgehead atoms. The Bertz CT molecular complexity index is 185. The number of rotatable bonds is 8. The fourth-order valence-electron chi connectivity index (χ4n) is 0.949. The largest absolute Gasteiger partial charge is 0.328 e. The maximum atomic E-state index is 11.9. The van der Waals surface area contributed by atoms with Gasteiger partial charge in [0.15, 0.2) is 0 Å². The Balaban J connectivity index is 3.98. The van der Waals surface area contributed by atoms with E-state index in [2.05, 4.69) is 20.1 Å². The van der Waals surface area contributed by atoms with Gasteiger partial charge in [0.05, 0.1) is 6.61 Å². The molecule has 0 spiro atoms. The van der Waals surface area contributed by atoms with Crippen molar-refractivity contribution in [1.29, 1.82) is 0 Å². The average molecular weight is 202 g/mol. The molecular weight excluding hydrogens is 183 g/mol. The Morgan fingerprint density at radius 1 is 1.31 bits per heavy atom. The highest BCUT2D eigenvalue weighted by molar-refractivity contribution is 7.59. The highest BCUT2D eigenvalue weighted by Crippen LogP contribution is 2.46. The molecule has 0 rings (SSSR count). The zero-order valence-corrected chi connectivity index (χ0v) is 9.26. The summed E-state index contributed by atoms with van der Waals surface area (Å²) in [7, 11) is -2.49. The van der Waals surface area contributed by atoms with E-state index < -0.39 is 7.37 Å². The van der Waals surface area contributed by atoms with Gasteiger partial charge in [-0.15, -0.1) is 13.2 Å². The summed E-state index contributed by atoms with van der Waals surface area (Å²) in [6, 6.07) is 0. The molecule has 0 N–H and O–H groups in total. The van der Waals surface area contributed by atoms with Crippen molar-refractivity contribution >= 4 is 7.37 Å². The van der Waals surface area contributed by atoms with Crippen LogP contribution in [0.5, 0.6) is 0 Å². The van der Waals surface area contributed by atoms with Crippen LogP contribution in [0.4, 0.5) is 0 Å². The molecule has 0 saturated heterocycles. The molecule has 0 fully saturated rings. The van der Waals surface area contributed by atoms with E-state index in [-0.39, 0.29) is 0 Å². The number of allylic oxidation sites excluding steroid dienone is 2. The molecule has 0 atom stereocenters. The summed E-state index contributed by atoms with van der Waals surface area (Å²) < 4.78 is 17.3. The molecule has 0 aliphatic rings. The summed E-state index contributed by atoms with van der Waals surface area (Å²) >= 11 is 0. The van der Waals surface area contributed by atoms with Gasteiger partial charge in [0.2, 0.25) is 7.37 Å². The van der Waals surface area contributed by atoms with E-state index in [1.807, 2.05) is 0 Å². The van der Waals surface area contributed by atoms with E-state index in [0.717, 1.165) is 12.8 Å². The van der Waals surface area contributed by atoms with Gasteiger partial charge >= 0.3 is 0 Å². The number of hydrogen-bond acceptors (Lipinski definition) is 2. The zero-order chi connectivity index (χ0) is 10.2. The molecule has 3 heteroatoms. The van der Waals surface area contributed by atoms with Crippen LogP contribution in [0.3, 0.4) is 0 Å². The van der Waals surface area contributed by atoms with Gasteiger partial charge in [-0.05, 0) is 6.42 Å². The maximum Gasteiger partial charge on any atom is 0.210 e. The Labute approximate surface area is 81.1 Å². The van der Waals surface area contributed by atoms with Gasteiger partial charge in [-0.1, -0.05) is 25.5 Å². The SMILES string of the molecule is C=CCP(=O)(CC=C)OCCCC. The Hall–Kier alpha value is -0.330. The van der Waals surface area contributed by atoms with Crippen LogP contribution in [0, 0.1) is 0 Å². The van der Waals surface area contributed by atoms with Gasteiger partial charge in [0, 0.05) is 12.3 Å². The fraction of sp³-hybridized carbons (Fsp3) is 0.600. The van der Waals surface area contributed by atoms with Crippen LogP contribution >= 0.6 is 7.37 Å². The molecule has 2 nitrogen and oxygen atoms in total. The van der Waals surface area contributed by atoms with E-state index in [0.29, 0.717) is 18.9 Å². The van der Waals surface area contributed by atoms with Crippen molar-refractivity contribution in [3.8, 4) is 0 Å². The van der Waals surface area contributed by atoms with E-state index in [1.165, 1.54) is 0 Å². The molecule has 0 radical (unpaired) electrons. The molecule has 13 heavy (non-hydrogen) atoms. The third kappa shape index (κ3) is 5.84. The zero-order valence-electron chi connectivity index (χ0n) is 8.37. The van der Waals surface area contributed by atoms with Crippen molar-refractivity contribution in [2.75, 3.05) is 18.9 Å². The van der Waals surface area contributed by atoms with Gasteiger partial charge in [0.1, 0.15) is 0 Å². The topological polar surface area (TPSA) is 26.3 Å². The van der Waals surface area contributed by atoms with E-state index in [4.69, 9.17) is 4.52 Å². The molecule has 0 saturated carbocycles. The second kappa shape index (κ2) is 7.11. The predicted molar refractivity (Wildman–Crippen MR) is 58.6 cm³/mol. The first-order valence-corrected chi connectivity index (χ1v) is 6.62. The molecule has 0 aromatic carbocycles. The minimum Gasteiger partial charge on any atom is -0.328 e. The maximum absolute atomic E-state index is 11.9. The highest BCUT2D eigenvalue weighted by atomic mass is 31.2. The monoisotopic (exact) mass is 202 g/mol. The third-order valence-corrected chi connectivity index (χ3v) is 3.92. The summed E-state index contributed by atoms with van der Waals surface area (Å²) in [5, 5.41) is 0. The standard InChI is InChI=1S/C10H19O2P/c1-4-7-8-12-13(11,9-5-2)10-6-3/h5-6H,2-4,7-10H2,1H3. The van der Waals surface area contributed by atoms with Crippen LogP contribution in [0.25, 0.3) is 0 Å². The van der Waals surface area contributed by atoms with Gasteiger partial charge in [-0.3, -0.25) is 4.57 Å². The third-order valence-electron chi connectivity index (χ3n) is 1.64. The number of unbranched alkanes of at least 4 members (excludes halogenated alkanes) is 1. The van der Waals surface area contributed by atoms with Crippen LogP contribution in [0.2, 0.25) is 0 Å². The van der Waals surface area contributed by atoms with Crippen LogP contribution in [-0.2, 0) is 9.09 Å². The first-order valence-electron chi connectivity index (χ1n) is 4.63. The summed E-state index contributed by atoms with van der Waals surface area (Å²) in [5.74, 6) is 0. The highest BCUT2D eigenvalue weighted by Gasteiger charge is 2.18. The molecule has 0 aromatic rings. The van der Waals surface area contributed by atoms with E-state index in [9.17, 15) is 4.57 Å². The van der Waals surface area contributed by atoms with Crippen molar-refractivity contribution in [3.63, 3.8) is 0 Å². The second-order valence-electron chi connectivity index (χ2n) is 2.94. The van der Waals surface area contributed by atoms with Crippen molar-refractivity contribution < 1.29 is 9.09 Å². The van der Waals surface area contributed by atoms with E-state index in [1.54, 1.807) is 12.2 Å². The Morgan fingerprint density at radius 3 is 2.23 bits per heavy atom. The lowest BCUT2D eigenvalue weighted by Gasteiger charge is -2.14. The molecule has 0 unspecified atom stereocenters.